The molecule has 0 spiro atoms. The molecule has 0 aliphatic carbocycles. The van der Waals surface area contributed by atoms with Gasteiger partial charge in [0.05, 0.1) is 12.1 Å². The van der Waals surface area contributed by atoms with Gasteiger partial charge in [0, 0.05) is 16.1 Å². The van der Waals surface area contributed by atoms with Gasteiger partial charge in [-0.15, -0.1) is 11.3 Å². The molecule has 1 N–H and O–H groups in total. The molecule has 0 saturated carbocycles. The largest absolute Gasteiger partial charge is 0.457 e. The molecule has 2 aromatic rings. The van der Waals surface area contributed by atoms with Gasteiger partial charge in [-0.25, -0.2) is 0 Å². The number of nitrogens with one attached hydrogen (secondary N) is 1. The molecule has 0 unspecified atom stereocenters. The smallest absolute Gasteiger partial charge is 0.306 e. The van der Waals surface area contributed by atoms with E-state index in [-0.39, 0.29) is 24.6 Å². The van der Waals surface area contributed by atoms with Crippen molar-refractivity contribution in [3.8, 4) is 0 Å². The molecule has 5 nitrogen and oxygen atoms in total. The van der Waals surface area contributed by atoms with Crippen molar-refractivity contribution in [2.75, 3.05) is 6.61 Å². The van der Waals surface area contributed by atoms with E-state index in [0.717, 1.165) is 4.88 Å². The Hall–Kier alpha value is -2.21. The Labute approximate surface area is 138 Å². The molecule has 0 aliphatic heterocycles. The minimum Gasteiger partial charge on any atom is -0.457 e. The van der Waals surface area contributed by atoms with Crippen LogP contribution in [-0.4, -0.2) is 29.1 Å². The highest BCUT2D eigenvalue weighted by Gasteiger charge is 2.20. The van der Waals surface area contributed by atoms with Gasteiger partial charge in [0.15, 0.2) is 12.4 Å². The predicted molar refractivity (Wildman–Crippen MR) is 88.2 cm³/mol. The summed E-state index contributed by atoms with van der Waals surface area (Å²) in [5.41, 5.74) is 2.12. The van der Waals surface area contributed by atoms with Crippen molar-refractivity contribution in [1.29, 1.82) is 0 Å². The summed E-state index contributed by atoms with van der Waals surface area (Å²) in [4.78, 5) is 39.5. The van der Waals surface area contributed by atoms with E-state index in [2.05, 4.69) is 4.98 Å². The summed E-state index contributed by atoms with van der Waals surface area (Å²) in [5.74, 6) is -0.828. The van der Waals surface area contributed by atoms with E-state index in [1.807, 2.05) is 17.5 Å². The van der Waals surface area contributed by atoms with Gasteiger partial charge in [-0.2, -0.15) is 0 Å². The standard InChI is InChI=1S/C17H19NO4S/c1-10-16(12(3)19)11(2)18-17(10)14(20)9-22-15(21)7-6-13-5-4-8-23-13/h4-5,8,18H,6-7,9H2,1-3H3. The number of carbonyl (C=O) groups excluding carboxylic acids is 3. The highest BCUT2D eigenvalue weighted by Crippen LogP contribution is 2.19. The van der Waals surface area contributed by atoms with Gasteiger partial charge in [-0.3, -0.25) is 14.4 Å². The summed E-state index contributed by atoms with van der Waals surface area (Å²) in [7, 11) is 0. The number of ether oxygens (including phenoxy) is 1. The lowest BCUT2D eigenvalue weighted by Crippen LogP contribution is -2.15. The zero-order valence-corrected chi connectivity index (χ0v) is 14.2. The van der Waals surface area contributed by atoms with Crippen LogP contribution in [0.1, 0.15) is 50.3 Å². The Morgan fingerprint density at radius 2 is 2.00 bits per heavy atom. The average molecular weight is 333 g/mol. The monoisotopic (exact) mass is 333 g/mol. The van der Waals surface area contributed by atoms with E-state index < -0.39 is 5.97 Å². The Kier molecular flexibility index (Phi) is 5.50. The molecule has 122 valence electrons. The molecule has 0 radical (unpaired) electrons. The molecule has 0 amide bonds. The lowest BCUT2D eigenvalue weighted by atomic mass is 10.1. The van der Waals surface area contributed by atoms with Crippen LogP contribution in [-0.2, 0) is 16.0 Å². The number of ketones is 2. The zero-order valence-electron chi connectivity index (χ0n) is 13.4. The second-order valence-corrected chi connectivity index (χ2v) is 6.38. The second kappa shape index (κ2) is 7.37. The van der Waals surface area contributed by atoms with Gasteiger partial charge < -0.3 is 9.72 Å². The first kappa shape index (κ1) is 17.1. The first-order valence-corrected chi connectivity index (χ1v) is 8.19. The minimum atomic E-state index is -0.403. The summed E-state index contributed by atoms with van der Waals surface area (Å²) in [6.07, 6.45) is 0.856. The van der Waals surface area contributed by atoms with Crippen LogP contribution in [0.5, 0.6) is 0 Å². The normalized spacial score (nSPS) is 10.6. The Morgan fingerprint density at radius 1 is 1.26 bits per heavy atom. The van der Waals surface area contributed by atoms with Crippen molar-refractivity contribution in [1.82, 2.24) is 4.98 Å². The molecule has 0 bridgehead atoms. The van der Waals surface area contributed by atoms with Gasteiger partial charge in [0.25, 0.3) is 0 Å². The third-order valence-corrected chi connectivity index (χ3v) is 4.52. The lowest BCUT2D eigenvalue weighted by Gasteiger charge is -2.04. The van der Waals surface area contributed by atoms with Gasteiger partial charge in [-0.05, 0) is 44.2 Å². The first-order valence-electron chi connectivity index (χ1n) is 7.31. The molecule has 2 rings (SSSR count). The maximum absolute atomic E-state index is 12.2. The van der Waals surface area contributed by atoms with Gasteiger partial charge in [0.1, 0.15) is 0 Å². The molecular weight excluding hydrogens is 314 g/mol. The van der Waals surface area contributed by atoms with Crippen molar-refractivity contribution in [3.63, 3.8) is 0 Å². The summed E-state index contributed by atoms with van der Waals surface area (Å²) < 4.78 is 5.03. The molecule has 0 aliphatic rings. The summed E-state index contributed by atoms with van der Waals surface area (Å²) in [6, 6.07) is 3.88. The van der Waals surface area contributed by atoms with Crippen LogP contribution in [0, 0.1) is 13.8 Å². The summed E-state index contributed by atoms with van der Waals surface area (Å²) in [5, 5.41) is 1.95. The van der Waals surface area contributed by atoms with Crippen molar-refractivity contribution >= 4 is 28.9 Å². The van der Waals surface area contributed by atoms with E-state index in [9.17, 15) is 14.4 Å². The van der Waals surface area contributed by atoms with Crippen molar-refractivity contribution in [3.05, 3.63) is 44.9 Å². The number of hydrogen-bond acceptors (Lipinski definition) is 5. The first-order chi connectivity index (χ1) is 10.9. The highest BCUT2D eigenvalue weighted by atomic mass is 32.1. The second-order valence-electron chi connectivity index (χ2n) is 5.34. The maximum Gasteiger partial charge on any atom is 0.306 e. The minimum absolute atomic E-state index is 0.0942. The van der Waals surface area contributed by atoms with Crippen LogP contribution in [0.2, 0.25) is 0 Å². The molecule has 2 aromatic heterocycles. The number of H-pyrrole nitrogens is 1. The lowest BCUT2D eigenvalue weighted by molar-refractivity contribution is -0.142. The van der Waals surface area contributed by atoms with Crippen molar-refractivity contribution < 1.29 is 19.1 Å². The van der Waals surface area contributed by atoms with Crippen molar-refractivity contribution in [2.45, 2.75) is 33.6 Å². The van der Waals surface area contributed by atoms with Crippen molar-refractivity contribution in [2.24, 2.45) is 0 Å². The number of hydrogen-bond donors (Lipinski definition) is 1. The number of rotatable bonds is 7. The van der Waals surface area contributed by atoms with E-state index in [1.54, 1.807) is 25.2 Å². The van der Waals surface area contributed by atoms with E-state index in [4.69, 9.17) is 4.74 Å². The maximum atomic E-state index is 12.2. The van der Waals surface area contributed by atoms with E-state index in [0.29, 0.717) is 28.9 Å². The van der Waals surface area contributed by atoms with Crippen LogP contribution >= 0.6 is 11.3 Å². The number of aromatic nitrogens is 1. The summed E-state index contributed by atoms with van der Waals surface area (Å²) >= 11 is 1.58. The van der Waals surface area contributed by atoms with Crippen LogP contribution in [0.3, 0.4) is 0 Å². The molecule has 6 heteroatoms. The Morgan fingerprint density at radius 3 is 2.57 bits per heavy atom. The average Bonchev–Trinajstić information content (AvgIpc) is 3.10. The van der Waals surface area contributed by atoms with Crippen LogP contribution < -0.4 is 0 Å². The summed E-state index contributed by atoms with van der Waals surface area (Å²) in [6.45, 7) is 4.60. The molecule has 0 saturated heterocycles. The molecular formula is C17H19NO4S. The molecule has 23 heavy (non-hydrogen) atoms. The third kappa shape index (κ3) is 4.16. The molecule has 0 fully saturated rings. The Balaban J connectivity index is 1.91. The fraction of sp³-hybridized carbons (Fsp3) is 0.353. The topological polar surface area (TPSA) is 76.2 Å². The number of carbonyl (C=O) groups is 3. The van der Waals surface area contributed by atoms with E-state index in [1.165, 1.54) is 6.92 Å². The van der Waals surface area contributed by atoms with Gasteiger partial charge >= 0.3 is 5.97 Å². The number of aromatic amines is 1. The van der Waals surface area contributed by atoms with Crippen LogP contribution in [0.25, 0.3) is 0 Å². The molecule has 0 atom stereocenters. The highest BCUT2D eigenvalue weighted by molar-refractivity contribution is 7.09. The number of Topliss-reactive ketones (excluding diaryl/α,β-unsaturated/α-hetero) is 2. The fourth-order valence-corrected chi connectivity index (χ4v) is 3.24. The third-order valence-electron chi connectivity index (χ3n) is 3.59. The zero-order chi connectivity index (χ0) is 17.0. The number of thiophene rings is 1. The number of esters is 1. The molecule has 2 heterocycles. The van der Waals surface area contributed by atoms with Crippen LogP contribution in [0.4, 0.5) is 0 Å². The van der Waals surface area contributed by atoms with Crippen LogP contribution in [0.15, 0.2) is 17.5 Å². The quantitative estimate of drug-likeness (QED) is 0.623. The fourth-order valence-electron chi connectivity index (χ4n) is 2.53. The predicted octanol–water partition coefficient (Wildman–Crippen LogP) is 3.25. The Bertz CT molecular complexity index is 728. The number of aryl methyl sites for hydroxylation is 2. The molecule has 0 aromatic carbocycles. The SMILES string of the molecule is CC(=O)c1c(C)[nH]c(C(=O)COC(=O)CCc2cccs2)c1C. The van der Waals surface area contributed by atoms with Gasteiger partial charge in [0.2, 0.25) is 5.78 Å². The van der Waals surface area contributed by atoms with E-state index >= 15 is 0 Å². The van der Waals surface area contributed by atoms with Gasteiger partial charge in [-0.1, -0.05) is 6.07 Å².